The van der Waals surface area contributed by atoms with Crippen molar-refractivity contribution in [3.8, 4) is 10.4 Å². The first-order chi connectivity index (χ1) is 9.32. The van der Waals surface area contributed by atoms with E-state index in [0.717, 1.165) is 29.0 Å². The number of benzene rings is 1. The molecule has 1 N–H and O–H groups in total. The van der Waals surface area contributed by atoms with Crippen LogP contribution in [0.3, 0.4) is 0 Å². The largest absolute Gasteiger partial charge is 0.477 e. The summed E-state index contributed by atoms with van der Waals surface area (Å²) < 4.78 is 38.3. The molecule has 2 rings (SSSR count). The van der Waals surface area contributed by atoms with Crippen LogP contribution in [-0.4, -0.2) is 11.1 Å². The van der Waals surface area contributed by atoms with Crippen LogP contribution in [0, 0.1) is 0 Å². The topological polar surface area (TPSA) is 37.3 Å². The van der Waals surface area contributed by atoms with Crippen molar-refractivity contribution >= 4 is 17.3 Å². The van der Waals surface area contributed by atoms with E-state index in [2.05, 4.69) is 0 Å². The SMILES string of the molecule is CCc1ccc(C(F)(F)F)cc1-c1ccc(C(=O)O)s1. The van der Waals surface area contributed by atoms with Crippen LogP contribution in [0.2, 0.25) is 0 Å². The van der Waals surface area contributed by atoms with Gasteiger partial charge in [-0.3, -0.25) is 0 Å². The fourth-order valence-corrected chi connectivity index (χ4v) is 2.78. The maximum atomic E-state index is 12.8. The van der Waals surface area contributed by atoms with Crippen molar-refractivity contribution in [3.05, 3.63) is 46.3 Å². The molecule has 6 heteroatoms. The smallest absolute Gasteiger partial charge is 0.416 e. The van der Waals surface area contributed by atoms with E-state index in [1.54, 1.807) is 6.07 Å². The molecule has 1 aromatic heterocycles. The lowest BCUT2D eigenvalue weighted by Gasteiger charge is -2.11. The monoisotopic (exact) mass is 300 g/mol. The highest BCUT2D eigenvalue weighted by atomic mass is 32.1. The number of carbonyl (C=O) groups is 1. The normalized spacial score (nSPS) is 11.6. The van der Waals surface area contributed by atoms with Gasteiger partial charge in [0.15, 0.2) is 0 Å². The molecule has 0 radical (unpaired) electrons. The predicted octanol–water partition coefficient (Wildman–Crippen LogP) is 4.69. The van der Waals surface area contributed by atoms with E-state index in [1.807, 2.05) is 6.92 Å². The van der Waals surface area contributed by atoms with Crippen LogP contribution >= 0.6 is 11.3 Å². The molecule has 2 nitrogen and oxygen atoms in total. The van der Waals surface area contributed by atoms with Crippen LogP contribution in [0.4, 0.5) is 13.2 Å². The van der Waals surface area contributed by atoms with E-state index in [-0.39, 0.29) is 4.88 Å². The summed E-state index contributed by atoms with van der Waals surface area (Å²) in [7, 11) is 0. The van der Waals surface area contributed by atoms with Gasteiger partial charge in [0.25, 0.3) is 0 Å². The Kier molecular flexibility index (Phi) is 3.85. The van der Waals surface area contributed by atoms with Gasteiger partial charge < -0.3 is 5.11 Å². The summed E-state index contributed by atoms with van der Waals surface area (Å²) in [5.41, 5.74) is 0.478. The number of aryl methyl sites for hydroxylation is 1. The van der Waals surface area contributed by atoms with Crippen molar-refractivity contribution in [2.75, 3.05) is 0 Å². The van der Waals surface area contributed by atoms with Crippen molar-refractivity contribution in [2.45, 2.75) is 19.5 Å². The fraction of sp³-hybridized carbons (Fsp3) is 0.214. The number of carboxylic acids is 1. The molecule has 0 saturated carbocycles. The van der Waals surface area contributed by atoms with Crippen molar-refractivity contribution < 1.29 is 23.1 Å². The van der Waals surface area contributed by atoms with E-state index >= 15 is 0 Å². The Morgan fingerprint density at radius 3 is 2.45 bits per heavy atom. The summed E-state index contributed by atoms with van der Waals surface area (Å²) in [6, 6.07) is 6.52. The van der Waals surface area contributed by atoms with Crippen LogP contribution in [0.1, 0.15) is 27.7 Å². The highest BCUT2D eigenvalue weighted by Gasteiger charge is 2.31. The fourth-order valence-electron chi connectivity index (χ4n) is 1.89. The van der Waals surface area contributed by atoms with Crippen LogP contribution in [0.25, 0.3) is 10.4 Å². The van der Waals surface area contributed by atoms with Crippen LogP contribution in [0.15, 0.2) is 30.3 Å². The second-order valence-corrected chi connectivity index (χ2v) is 5.28. The Balaban J connectivity index is 2.55. The molecule has 0 amide bonds. The average molecular weight is 300 g/mol. The van der Waals surface area contributed by atoms with Gasteiger partial charge in [-0.2, -0.15) is 13.2 Å². The second-order valence-electron chi connectivity index (χ2n) is 4.19. The molecule has 0 atom stereocenters. The van der Waals surface area contributed by atoms with Gasteiger partial charge in [-0.05, 0) is 41.8 Å². The molecule has 0 unspecified atom stereocenters. The first-order valence-electron chi connectivity index (χ1n) is 5.86. The number of carboxylic acid groups (broad SMARTS) is 1. The molecule has 0 bridgehead atoms. The lowest BCUT2D eigenvalue weighted by Crippen LogP contribution is -2.05. The first kappa shape index (κ1) is 14.6. The van der Waals surface area contributed by atoms with E-state index < -0.39 is 17.7 Å². The number of hydrogen-bond donors (Lipinski definition) is 1. The summed E-state index contributed by atoms with van der Waals surface area (Å²) in [5.74, 6) is -1.08. The number of rotatable bonds is 3. The molecule has 0 aliphatic carbocycles. The lowest BCUT2D eigenvalue weighted by molar-refractivity contribution is -0.137. The zero-order chi connectivity index (χ0) is 14.9. The Hall–Kier alpha value is -1.82. The summed E-state index contributed by atoms with van der Waals surface area (Å²) in [5, 5.41) is 8.89. The van der Waals surface area contributed by atoms with Gasteiger partial charge in [-0.25, -0.2) is 4.79 Å². The number of hydrogen-bond acceptors (Lipinski definition) is 2. The molecule has 0 fully saturated rings. The summed E-state index contributed by atoms with van der Waals surface area (Å²) in [6.07, 6.45) is -3.83. The molecule has 106 valence electrons. The van der Waals surface area contributed by atoms with Gasteiger partial charge in [-0.15, -0.1) is 11.3 Å². The van der Waals surface area contributed by atoms with E-state index in [4.69, 9.17) is 5.11 Å². The number of halogens is 3. The van der Waals surface area contributed by atoms with Crippen molar-refractivity contribution in [1.29, 1.82) is 0 Å². The minimum atomic E-state index is -4.41. The second kappa shape index (κ2) is 5.28. The highest BCUT2D eigenvalue weighted by Crippen LogP contribution is 2.36. The van der Waals surface area contributed by atoms with Gasteiger partial charge >= 0.3 is 12.1 Å². The van der Waals surface area contributed by atoms with E-state index in [1.165, 1.54) is 12.1 Å². The summed E-state index contributed by atoms with van der Waals surface area (Å²) in [4.78, 5) is 11.5. The average Bonchev–Trinajstić information content (AvgIpc) is 2.86. The maximum Gasteiger partial charge on any atom is 0.416 e. The van der Waals surface area contributed by atoms with Gasteiger partial charge in [0.1, 0.15) is 4.88 Å². The van der Waals surface area contributed by atoms with Crippen molar-refractivity contribution in [3.63, 3.8) is 0 Å². The minimum absolute atomic E-state index is 0.111. The highest BCUT2D eigenvalue weighted by molar-refractivity contribution is 7.17. The van der Waals surface area contributed by atoms with Gasteiger partial charge in [0.2, 0.25) is 0 Å². The van der Waals surface area contributed by atoms with Crippen LogP contribution < -0.4 is 0 Å². The predicted molar refractivity (Wildman–Crippen MR) is 71.1 cm³/mol. The molecule has 0 spiro atoms. The number of aromatic carboxylic acids is 1. The Morgan fingerprint density at radius 2 is 1.95 bits per heavy atom. The van der Waals surface area contributed by atoms with Gasteiger partial charge in [0, 0.05) is 4.88 Å². The van der Waals surface area contributed by atoms with Crippen molar-refractivity contribution in [1.82, 2.24) is 0 Å². The maximum absolute atomic E-state index is 12.8. The Bertz CT molecular complexity index is 644. The molecule has 0 saturated heterocycles. The molecular formula is C14H11F3O2S. The molecule has 0 aliphatic heterocycles. The Morgan fingerprint density at radius 1 is 1.25 bits per heavy atom. The quantitative estimate of drug-likeness (QED) is 0.892. The third-order valence-electron chi connectivity index (χ3n) is 2.90. The van der Waals surface area contributed by atoms with Crippen molar-refractivity contribution in [2.24, 2.45) is 0 Å². The minimum Gasteiger partial charge on any atom is -0.477 e. The molecule has 1 aromatic carbocycles. The first-order valence-corrected chi connectivity index (χ1v) is 6.68. The molecule has 1 heterocycles. The van der Waals surface area contributed by atoms with Crippen LogP contribution in [-0.2, 0) is 12.6 Å². The molecule has 0 aliphatic rings. The van der Waals surface area contributed by atoms with Gasteiger partial charge in [-0.1, -0.05) is 13.0 Å². The van der Waals surface area contributed by atoms with E-state index in [9.17, 15) is 18.0 Å². The number of alkyl halides is 3. The third kappa shape index (κ3) is 2.85. The zero-order valence-corrected chi connectivity index (χ0v) is 11.3. The molecular weight excluding hydrogens is 289 g/mol. The lowest BCUT2D eigenvalue weighted by atomic mass is 10.0. The zero-order valence-electron chi connectivity index (χ0n) is 10.5. The number of thiophene rings is 1. The molecule has 2 aromatic rings. The summed E-state index contributed by atoms with van der Waals surface area (Å²) in [6.45, 7) is 1.85. The Labute approximate surface area is 117 Å². The van der Waals surface area contributed by atoms with Crippen LogP contribution in [0.5, 0.6) is 0 Å². The van der Waals surface area contributed by atoms with Gasteiger partial charge in [0.05, 0.1) is 5.56 Å². The third-order valence-corrected chi connectivity index (χ3v) is 4.01. The standard InChI is InChI=1S/C14H11F3O2S/c1-2-8-3-4-9(14(15,16)17)7-10(8)11-5-6-12(20-11)13(18)19/h3-7H,2H2,1H3,(H,18,19). The van der Waals surface area contributed by atoms with E-state index in [0.29, 0.717) is 16.9 Å². The molecule has 20 heavy (non-hydrogen) atoms. The summed E-state index contributed by atoms with van der Waals surface area (Å²) >= 11 is 0.976.